The average molecular weight is 200 g/mol. The van der Waals surface area contributed by atoms with Gasteiger partial charge in [-0.2, -0.15) is 0 Å². The molecule has 1 nitrogen and oxygen atoms in total. The van der Waals surface area contributed by atoms with Crippen LogP contribution in [0, 0.1) is 13.8 Å². The number of para-hydroxylation sites is 1. The molecule has 0 bridgehead atoms. The molecule has 0 amide bonds. The van der Waals surface area contributed by atoms with Gasteiger partial charge in [-0.1, -0.05) is 18.2 Å². The quantitative estimate of drug-likeness (QED) is 0.687. The van der Waals surface area contributed by atoms with Crippen molar-refractivity contribution < 1.29 is 0 Å². The molecule has 1 aromatic carbocycles. The smallest absolute Gasteiger partial charge is 0.0499 e. The Balaban J connectivity index is 3.17. The van der Waals surface area contributed by atoms with E-state index < -0.39 is 0 Å². The fourth-order valence-corrected chi connectivity index (χ4v) is 1.59. The van der Waals surface area contributed by atoms with Crippen molar-refractivity contribution >= 4 is 21.8 Å². The molecule has 0 heterocycles. The lowest BCUT2D eigenvalue weighted by molar-refractivity contribution is 1.39. The second-order valence-corrected chi connectivity index (χ2v) is 2.76. The number of hydrogen-bond acceptors (Lipinski definition) is 1. The number of rotatable bonds is 1. The van der Waals surface area contributed by atoms with Crippen LogP contribution in [0.2, 0.25) is 0 Å². The second-order valence-electron chi connectivity index (χ2n) is 2.36. The standard InChI is InChI=1S/C8H10BrN/c1-6-4-3-5-7(2)8(6)10-9/h3-5,10H,1-2H3. The highest BCUT2D eigenvalue weighted by molar-refractivity contribution is 9.10. The van der Waals surface area contributed by atoms with Crippen molar-refractivity contribution in [2.24, 2.45) is 0 Å². The minimum atomic E-state index is 1.17. The molecule has 1 aromatic rings. The molecular weight excluding hydrogens is 190 g/mol. The predicted octanol–water partition coefficient (Wildman–Crippen LogP) is 3.03. The van der Waals surface area contributed by atoms with E-state index in [0.29, 0.717) is 0 Å². The van der Waals surface area contributed by atoms with Crippen LogP contribution in [0.1, 0.15) is 11.1 Å². The summed E-state index contributed by atoms with van der Waals surface area (Å²) >= 11 is 3.21. The second kappa shape index (κ2) is 3.06. The number of halogens is 1. The van der Waals surface area contributed by atoms with Crippen molar-refractivity contribution in [3.63, 3.8) is 0 Å². The van der Waals surface area contributed by atoms with Crippen molar-refractivity contribution in [1.82, 2.24) is 0 Å². The van der Waals surface area contributed by atoms with Gasteiger partial charge in [-0.15, -0.1) is 0 Å². The van der Waals surface area contributed by atoms with E-state index >= 15 is 0 Å². The zero-order valence-corrected chi connectivity index (χ0v) is 7.70. The van der Waals surface area contributed by atoms with Crippen LogP contribution >= 0.6 is 16.1 Å². The predicted molar refractivity (Wildman–Crippen MR) is 48.5 cm³/mol. The van der Waals surface area contributed by atoms with E-state index in [2.05, 4.69) is 52.5 Å². The highest BCUT2D eigenvalue weighted by atomic mass is 79.9. The minimum absolute atomic E-state index is 1.17. The molecule has 0 aliphatic rings. The van der Waals surface area contributed by atoms with Crippen LogP contribution in [-0.4, -0.2) is 0 Å². The summed E-state index contributed by atoms with van der Waals surface area (Å²) in [5.41, 5.74) is 3.69. The van der Waals surface area contributed by atoms with E-state index in [-0.39, 0.29) is 0 Å². The maximum Gasteiger partial charge on any atom is 0.0499 e. The average Bonchev–Trinajstić information content (AvgIpc) is 1.88. The van der Waals surface area contributed by atoms with Gasteiger partial charge in [0.2, 0.25) is 0 Å². The van der Waals surface area contributed by atoms with Gasteiger partial charge in [-0.05, 0) is 25.0 Å². The fourth-order valence-electron chi connectivity index (χ4n) is 0.964. The van der Waals surface area contributed by atoms with Gasteiger partial charge in [0.1, 0.15) is 0 Å². The van der Waals surface area contributed by atoms with E-state index in [1.807, 2.05) is 0 Å². The first-order chi connectivity index (χ1) is 4.75. The van der Waals surface area contributed by atoms with Crippen LogP contribution in [0.4, 0.5) is 5.69 Å². The Hall–Kier alpha value is -0.500. The molecule has 0 atom stereocenters. The maximum atomic E-state index is 3.21. The van der Waals surface area contributed by atoms with Crippen LogP contribution in [0.5, 0.6) is 0 Å². The van der Waals surface area contributed by atoms with Crippen LogP contribution in [0.3, 0.4) is 0 Å². The number of hydrogen-bond donors (Lipinski definition) is 1. The third kappa shape index (κ3) is 1.32. The molecule has 1 rings (SSSR count). The van der Waals surface area contributed by atoms with Gasteiger partial charge in [0, 0.05) is 21.8 Å². The Kier molecular flexibility index (Phi) is 2.33. The van der Waals surface area contributed by atoms with Gasteiger partial charge in [0.15, 0.2) is 0 Å². The Morgan fingerprint density at radius 1 is 1.20 bits per heavy atom. The van der Waals surface area contributed by atoms with E-state index in [0.717, 1.165) is 0 Å². The van der Waals surface area contributed by atoms with E-state index in [4.69, 9.17) is 0 Å². The Bertz CT molecular complexity index is 212. The van der Waals surface area contributed by atoms with Crippen molar-refractivity contribution in [1.29, 1.82) is 0 Å². The molecule has 0 saturated carbocycles. The molecular formula is C8H10BrN. The number of anilines is 1. The van der Waals surface area contributed by atoms with Crippen LogP contribution in [0.15, 0.2) is 18.2 Å². The highest BCUT2D eigenvalue weighted by Crippen LogP contribution is 2.20. The molecule has 0 fully saturated rings. The Morgan fingerprint density at radius 2 is 1.70 bits per heavy atom. The first-order valence-electron chi connectivity index (χ1n) is 3.18. The zero-order valence-electron chi connectivity index (χ0n) is 6.11. The highest BCUT2D eigenvalue weighted by Gasteiger charge is 1.96. The van der Waals surface area contributed by atoms with E-state index in [1.165, 1.54) is 16.8 Å². The van der Waals surface area contributed by atoms with Crippen molar-refractivity contribution in [3.8, 4) is 0 Å². The summed E-state index contributed by atoms with van der Waals surface area (Å²) in [4.78, 5) is 0. The molecule has 0 aromatic heterocycles. The Morgan fingerprint density at radius 3 is 2.00 bits per heavy atom. The third-order valence-electron chi connectivity index (χ3n) is 1.58. The van der Waals surface area contributed by atoms with Crippen LogP contribution in [-0.2, 0) is 0 Å². The lowest BCUT2D eigenvalue weighted by atomic mass is 10.1. The topological polar surface area (TPSA) is 12.0 Å². The summed E-state index contributed by atoms with van der Waals surface area (Å²) in [6, 6.07) is 6.21. The Labute approximate surface area is 69.8 Å². The van der Waals surface area contributed by atoms with Gasteiger partial charge >= 0.3 is 0 Å². The third-order valence-corrected chi connectivity index (χ3v) is 1.97. The summed E-state index contributed by atoms with van der Waals surface area (Å²) in [7, 11) is 0. The number of aryl methyl sites for hydroxylation is 2. The molecule has 0 aliphatic carbocycles. The normalized spacial score (nSPS) is 9.50. The molecule has 0 aliphatic heterocycles. The molecule has 2 heteroatoms. The molecule has 0 unspecified atom stereocenters. The van der Waals surface area contributed by atoms with Crippen molar-refractivity contribution in [2.45, 2.75) is 13.8 Å². The molecule has 54 valence electrons. The van der Waals surface area contributed by atoms with Gasteiger partial charge in [0.05, 0.1) is 0 Å². The minimum Gasteiger partial charge on any atom is -0.322 e. The summed E-state index contributed by atoms with van der Waals surface area (Å²) < 4.78 is 2.98. The summed E-state index contributed by atoms with van der Waals surface area (Å²) in [5.74, 6) is 0. The molecule has 0 radical (unpaired) electrons. The number of nitrogens with one attached hydrogen (secondary N) is 1. The molecule has 0 spiro atoms. The SMILES string of the molecule is Cc1cccc(C)c1NBr. The number of benzene rings is 1. The summed E-state index contributed by atoms with van der Waals surface area (Å²) in [6.45, 7) is 4.16. The fraction of sp³-hybridized carbons (Fsp3) is 0.250. The van der Waals surface area contributed by atoms with Gasteiger partial charge < -0.3 is 4.34 Å². The molecule has 0 saturated heterocycles. The van der Waals surface area contributed by atoms with Crippen LogP contribution < -0.4 is 4.34 Å². The van der Waals surface area contributed by atoms with E-state index in [1.54, 1.807) is 0 Å². The van der Waals surface area contributed by atoms with Gasteiger partial charge in [-0.25, -0.2) is 0 Å². The lowest BCUT2D eigenvalue weighted by Crippen LogP contribution is -1.87. The van der Waals surface area contributed by atoms with Gasteiger partial charge in [0.25, 0.3) is 0 Å². The zero-order chi connectivity index (χ0) is 7.56. The summed E-state index contributed by atoms with van der Waals surface area (Å²) in [5, 5.41) is 0. The van der Waals surface area contributed by atoms with E-state index in [9.17, 15) is 0 Å². The first-order valence-corrected chi connectivity index (χ1v) is 3.98. The largest absolute Gasteiger partial charge is 0.322 e. The van der Waals surface area contributed by atoms with Crippen molar-refractivity contribution in [3.05, 3.63) is 29.3 Å². The van der Waals surface area contributed by atoms with Crippen LogP contribution in [0.25, 0.3) is 0 Å². The lowest BCUT2D eigenvalue weighted by Gasteiger charge is -2.05. The first kappa shape index (κ1) is 7.61. The monoisotopic (exact) mass is 199 g/mol. The molecule has 1 N–H and O–H groups in total. The van der Waals surface area contributed by atoms with Crippen molar-refractivity contribution in [2.75, 3.05) is 4.34 Å². The maximum absolute atomic E-state index is 3.21. The molecule has 10 heavy (non-hydrogen) atoms. The summed E-state index contributed by atoms with van der Waals surface area (Å²) in [6.07, 6.45) is 0. The van der Waals surface area contributed by atoms with Gasteiger partial charge in [-0.3, -0.25) is 0 Å².